The first-order valence-electron chi connectivity index (χ1n) is 8.91. The fourth-order valence-corrected chi connectivity index (χ4v) is 3.13. The average Bonchev–Trinajstić information content (AvgIpc) is 3.44. The predicted octanol–water partition coefficient (Wildman–Crippen LogP) is -4.67. The van der Waals surface area contributed by atoms with Crippen LogP contribution in [0.25, 0.3) is 0 Å². The Hall–Kier alpha value is -1.45. The molecule has 0 aromatic heterocycles. The van der Waals surface area contributed by atoms with Gasteiger partial charge in [-0.3, -0.25) is 20.3 Å². The number of nitrogens with one attached hydrogen (secondary N) is 3. The van der Waals surface area contributed by atoms with E-state index in [1.807, 2.05) is 35.3 Å². The first-order valence-corrected chi connectivity index (χ1v) is 8.91. The van der Waals surface area contributed by atoms with E-state index in [1.165, 1.54) is 0 Å². The molecule has 140 valence electrons. The molecule has 2 fully saturated rings. The summed E-state index contributed by atoms with van der Waals surface area (Å²) in [5, 5.41) is 17.9. The minimum Gasteiger partial charge on any atom is -0.548 e. The summed E-state index contributed by atoms with van der Waals surface area (Å²) >= 11 is 0. The number of carboxylic acid groups (broad SMARTS) is 1. The van der Waals surface area contributed by atoms with Crippen molar-refractivity contribution in [2.45, 2.75) is 43.8 Å². The SMILES string of the molecule is O=C(NN1CCCCC1)[C@H](Cc1ccccc1)NC(=O)[C@H]1N[C@@H]1C(=O)[O-].[Na+]. The van der Waals surface area contributed by atoms with Gasteiger partial charge in [-0.1, -0.05) is 36.8 Å². The normalized spacial score (nSPS) is 22.8. The topological polar surface area (TPSA) is 124 Å². The Morgan fingerprint density at radius 3 is 2.37 bits per heavy atom. The third-order valence-corrected chi connectivity index (χ3v) is 4.66. The molecule has 2 aliphatic heterocycles. The Bertz CT molecular complexity index is 667. The van der Waals surface area contributed by atoms with Crippen molar-refractivity contribution in [2.75, 3.05) is 13.1 Å². The molecule has 0 saturated carbocycles. The number of carbonyl (C=O) groups excluding carboxylic acids is 3. The second-order valence-electron chi connectivity index (χ2n) is 6.72. The van der Waals surface area contributed by atoms with E-state index in [-0.39, 0.29) is 35.5 Å². The Morgan fingerprint density at radius 1 is 1.11 bits per heavy atom. The van der Waals surface area contributed by atoms with Gasteiger partial charge in [0, 0.05) is 19.5 Å². The monoisotopic (exact) mass is 382 g/mol. The van der Waals surface area contributed by atoms with Crippen molar-refractivity contribution >= 4 is 17.8 Å². The van der Waals surface area contributed by atoms with Crippen LogP contribution in [0.3, 0.4) is 0 Å². The summed E-state index contributed by atoms with van der Waals surface area (Å²) in [5.74, 6) is -2.12. The third-order valence-electron chi connectivity index (χ3n) is 4.66. The average molecular weight is 382 g/mol. The predicted molar refractivity (Wildman–Crippen MR) is 91.4 cm³/mol. The summed E-state index contributed by atoms with van der Waals surface area (Å²) in [6.07, 6.45) is 3.52. The van der Waals surface area contributed by atoms with E-state index < -0.39 is 30.0 Å². The standard InChI is InChI=1S/C18H24N4O4.Na/c23-16(21-22-9-5-2-6-10-22)13(11-12-7-3-1-4-8-12)19-17(24)14-15(20-14)18(25)26;/h1,3-4,7-8,13-15,20H,2,5-6,9-11H2,(H,19,24)(H,21,23)(H,25,26);/q;+1/p-1/t13-,14-,15-;/m0./s1. The number of carbonyl (C=O) groups is 3. The van der Waals surface area contributed by atoms with E-state index >= 15 is 0 Å². The molecule has 0 radical (unpaired) electrons. The minimum atomic E-state index is -1.32. The summed E-state index contributed by atoms with van der Waals surface area (Å²) in [5.41, 5.74) is 3.78. The van der Waals surface area contributed by atoms with Gasteiger partial charge < -0.3 is 15.2 Å². The molecule has 9 heteroatoms. The second kappa shape index (κ2) is 10.2. The maximum atomic E-state index is 12.7. The van der Waals surface area contributed by atoms with E-state index in [1.54, 1.807) is 0 Å². The molecule has 1 aromatic carbocycles. The second-order valence-corrected chi connectivity index (χ2v) is 6.72. The summed E-state index contributed by atoms with van der Waals surface area (Å²) in [6.45, 7) is 1.57. The van der Waals surface area contributed by atoms with Gasteiger partial charge in [0.1, 0.15) is 12.1 Å². The van der Waals surface area contributed by atoms with Crippen LogP contribution >= 0.6 is 0 Å². The molecule has 8 nitrogen and oxygen atoms in total. The number of carboxylic acids is 1. The summed E-state index contributed by atoms with van der Waals surface area (Å²) in [6, 6.07) is 6.76. The quantitative estimate of drug-likeness (QED) is 0.322. The molecular weight excluding hydrogens is 359 g/mol. The molecule has 3 N–H and O–H groups in total. The van der Waals surface area contributed by atoms with Crippen molar-refractivity contribution in [3.05, 3.63) is 35.9 Å². The van der Waals surface area contributed by atoms with Crippen molar-refractivity contribution in [3.8, 4) is 0 Å². The van der Waals surface area contributed by atoms with Gasteiger partial charge in [0.05, 0.1) is 12.0 Å². The molecule has 2 amide bonds. The van der Waals surface area contributed by atoms with E-state index in [4.69, 9.17) is 0 Å². The number of aliphatic carboxylic acids is 1. The first-order chi connectivity index (χ1) is 12.5. The van der Waals surface area contributed by atoms with Gasteiger partial charge in [-0.05, 0) is 18.4 Å². The van der Waals surface area contributed by atoms with Gasteiger partial charge in [-0.15, -0.1) is 0 Å². The van der Waals surface area contributed by atoms with Crippen LogP contribution in [-0.2, 0) is 20.8 Å². The summed E-state index contributed by atoms with van der Waals surface area (Å²) in [4.78, 5) is 35.8. The first kappa shape index (κ1) is 21.8. The smallest absolute Gasteiger partial charge is 0.548 e. The Kier molecular flexibility index (Phi) is 8.25. The van der Waals surface area contributed by atoms with E-state index in [9.17, 15) is 19.5 Å². The molecular formula is C18H23N4NaO4. The van der Waals surface area contributed by atoms with Gasteiger partial charge in [-0.25, -0.2) is 5.01 Å². The van der Waals surface area contributed by atoms with Crippen molar-refractivity contribution in [1.29, 1.82) is 0 Å². The molecule has 27 heavy (non-hydrogen) atoms. The molecule has 2 aliphatic rings. The van der Waals surface area contributed by atoms with Gasteiger partial charge in [0.2, 0.25) is 5.91 Å². The number of piperidine rings is 1. The van der Waals surface area contributed by atoms with Crippen molar-refractivity contribution in [2.24, 2.45) is 0 Å². The van der Waals surface area contributed by atoms with Crippen LogP contribution in [0.2, 0.25) is 0 Å². The Morgan fingerprint density at radius 2 is 1.78 bits per heavy atom. The molecule has 3 atom stereocenters. The van der Waals surface area contributed by atoms with Crippen LogP contribution < -0.4 is 50.7 Å². The van der Waals surface area contributed by atoms with Gasteiger partial charge in [-0.2, -0.15) is 0 Å². The Balaban J connectivity index is 0.00000261. The molecule has 0 unspecified atom stereocenters. The van der Waals surface area contributed by atoms with Crippen molar-refractivity contribution in [3.63, 3.8) is 0 Å². The number of hydrogen-bond donors (Lipinski definition) is 3. The third kappa shape index (κ3) is 6.29. The largest absolute Gasteiger partial charge is 1.00 e. The van der Waals surface area contributed by atoms with Crippen LogP contribution in [0.5, 0.6) is 0 Å². The fourth-order valence-electron chi connectivity index (χ4n) is 3.13. The summed E-state index contributed by atoms with van der Waals surface area (Å²) in [7, 11) is 0. The minimum absolute atomic E-state index is 0. The van der Waals surface area contributed by atoms with Gasteiger partial charge >= 0.3 is 29.6 Å². The van der Waals surface area contributed by atoms with Gasteiger partial charge in [0.15, 0.2) is 0 Å². The van der Waals surface area contributed by atoms with Crippen LogP contribution in [0.1, 0.15) is 24.8 Å². The molecule has 0 aliphatic carbocycles. The molecule has 0 spiro atoms. The van der Waals surface area contributed by atoms with Crippen molar-refractivity contribution < 1.29 is 49.0 Å². The van der Waals surface area contributed by atoms with E-state index in [2.05, 4.69) is 16.1 Å². The number of hydrazine groups is 1. The van der Waals surface area contributed by atoms with Crippen molar-refractivity contribution in [1.82, 2.24) is 21.1 Å². The van der Waals surface area contributed by atoms with Crippen LogP contribution in [0, 0.1) is 0 Å². The number of amides is 2. The molecule has 2 saturated heterocycles. The number of nitrogens with zero attached hydrogens (tertiary/aromatic N) is 1. The molecule has 3 rings (SSSR count). The van der Waals surface area contributed by atoms with E-state index in [0.717, 1.165) is 37.9 Å². The molecule has 2 heterocycles. The Labute approximate surface area is 180 Å². The van der Waals surface area contributed by atoms with Crippen LogP contribution in [0.15, 0.2) is 30.3 Å². The fraction of sp³-hybridized carbons (Fsp3) is 0.500. The zero-order chi connectivity index (χ0) is 18.5. The number of rotatable bonds is 7. The zero-order valence-corrected chi connectivity index (χ0v) is 17.4. The number of benzene rings is 1. The maximum Gasteiger partial charge on any atom is 1.00 e. The van der Waals surface area contributed by atoms with E-state index in [0.29, 0.717) is 6.42 Å². The zero-order valence-electron chi connectivity index (χ0n) is 15.4. The van der Waals surface area contributed by atoms with Gasteiger partial charge in [0.25, 0.3) is 5.91 Å². The molecule has 0 bridgehead atoms. The van der Waals surface area contributed by atoms with Crippen LogP contribution in [0.4, 0.5) is 0 Å². The van der Waals surface area contributed by atoms with Crippen LogP contribution in [-0.4, -0.2) is 54.0 Å². The molecule has 1 aromatic rings. The maximum absolute atomic E-state index is 12.7. The number of hydrogen-bond acceptors (Lipinski definition) is 6. The summed E-state index contributed by atoms with van der Waals surface area (Å²) < 4.78 is 0.